The summed E-state index contributed by atoms with van der Waals surface area (Å²) in [4.78, 5) is 2.37. The van der Waals surface area contributed by atoms with Gasteiger partial charge in [0.05, 0.1) is 18.9 Å². The summed E-state index contributed by atoms with van der Waals surface area (Å²) in [5, 5.41) is 0. The molecule has 3 nitrogen and oxygen atoms in total. The molecule has 0 aromatic carbocycles. The average molecular weight is 184 g/mol. The Morgan fingerprint density at radius 3 is 2.08 bits per heavy atom. The Labute approximate surface area is 80.2 Å². The summed E-state index contributed by atoms with van der Waals surface area (Å²) in [6.45, 7) is 8.39. The lowest BCUT2D eigenvalue weighted by Gasteiger charge is -2.50. The topological polar surface area (TPSA) is 38.5 Å². The first kappa shape index (κ1) is 9.44. The van der Waals surface area contributed by atoms with Crippen molar-refractivity contribution >= 4 is 0 Å². The fraction of sp³-hybridized carbons (Fsp3) is 1.00. The minimum atomic E-state index is -0.147. The maximum Gasteiger partial charge on any atom is 0.0629 e. The summed E-state index contributed by atoms with van der Waals surface area (Å²) < 4.78 is 5.29. The van der Waals surface area contributed by atoms with Crippen LogP contribution in [0.4, 0.5) is 0 Å². The largest absolute Gasteiger partial charge is 0.380 e. The van der Waals surface area contributed by atoms with E-state index in [9.17, 15) is 0 Å². The lowest BCUT2D eigenvalue weighted by atomic mass is 9.76. The van der Waals surface area contributed by atoms with E-state index in [1.54, 1.807) is 0 Å². The third-order valence-corrected chi connectivity index (χ3v) is 3.46. The van der Waals surface area contributed by atoms with E-state index in [0.29, 0.717) is 5.41 Å². The normalized spacial score (nSPS) is 28.8. The Hall–Kier alpha value is -0.120. The van der Waals surface area contributed by atoms with E-state index in [1.807, 2.05) is 0 Å². The Morgan fingerprint density at radius 2 is 1.77 bits per heavy atom. The van der Waals surface area contributed by atoms with Crippen LogP contribution in [0.5, 0.6) is 0 Å². The summed E-state index contributed by atoms with van der Waals surface area (Å²) in [5.74, 6) is 0. The van der Waals surface area contributed by atoms with Gasteiger partial charge in [-0.25, -0.2) is 0 Å². The van der Waals surface area contributed by atoms with Crippen molar-refractivity contribution in [2.75, 3.05) is 26.3 Å². The summed E-state index contributed by atoms with van der Waals surface area (Å²) in [7, 11) is 0. The van der Waals surface area contributed by atoms with Gasteiger partial charge in [0.25, 0.3) is 0 Å². The molecule has 0 aromatic rings. The molecule has 0 aromatic heterocycles. The Kier molecular flexibility index (Phi) is 2.13. The van der Waals surface area contributed by atoms with Crippen LogP contribution in [0.2, 0.25) is 0 Å². The van der Waals surface area contributed by atoms with Crippen molar-refractivity contribution in [2.45, 2.75) is 32.4 Å². The van der Waals surface area contributed by atoms with E-state index in [1.165, 1.54) is 12.8 Å². The summed E-state index contributed by atoms with van der Waals surface area (Å²) in [6.07, 6.45) is 2.52. The molecule has 2 fully saturated rings. The van der Waals surface area contributed by atoms with Gasteiger partial charge < -0.3 is 10.5 Å². The quantitative estimate of drug-likeness (QED) is 0.655. The minimum absolute atomic E-state index is 0.147. The van der Waals surface area contributed by atoms with Gasteiger partial charge in [-0.15, -0.1) is 0 Å². The molecule has 2 N–H and O–H groups in total. The van der Waals surface area contributed by atoms with Crippen LogP contribution in [0, 0.1) is 5.41 Å². The third-order valence-electron chi connectivity index (χ3n) is 3.46. The van der Waals surface area contributed by atoms with E-state index in [4.69, 9.17) is 10.5 Å². The smallest absolute Gasteiger partial charge is 0.0629 e. The molecule has 76 valence electrons. The molecule has 2 heterocycles. The van der Waals surface area contributed by atoms with E-state index >= 15 is 0 Å². The number of hydrogen-bond acceptors (Lipinski definition) is 3. The summed E-state index contributed by atoms with van der Waals surface area (Å²) in [5.41, 5.74) is 6.44. The molecule has 2 saturated heterocycles. The molecule has 2 aliphatic heterocycles. The number of piperidine rings is 1. The molecule has 2 rings (SSSR count). The van der Waals surface area contributed by atoms with Crippen LogP contribution < -0.4 is 5.73 Å². The molecule has 0 saturated carbocycles. The third kappa shape index (κ3) is 1.73. The van der Waals surface area contributed by atoms with Gasteiger partial charge in [-0.1, -0.05) is 0 Å². The molecular formula is C10H20N2O. The molecule has 1 spiro atoms. The average Bonchev–Trinajstić information content (AvgIpc) is 2.00. The zero-order valence-corrected chi connectivity index (χ0v) is 8.68. The summed E-state index contributed by atoms with van der Waals surface area (Å²) >= 11 is 0. The maximum absolute atomic E-state index is 6.05. The second-order valence-electron chi connectivity index (χ2n) is 5.13. The minimum Gasteiger partial charge on any atom is -0.380 e. The standard InChI is InChI=1S/C10H20N2O/c1-9(2,11)12-5-3-10(4-6-12)7-13-8-10/h3-8,11H2,1-2H3. The highest BCUT2D eigenvalue weighted by Gasteiger charge is 2.42. The van der Waals surface area contributed by atoms with Crippen LogP contribution in [-0.4, -0.2) is 36.9 Å². The molecule has 2 aliphatic rings. The SMILES string of the molecule is CC(C)(N)N1CCC2(CC1)COC2. The van der Waals surface area contributed by atoms with E-state index < -0.39 is 0 Å². The second kappa shape index (κ2) is 2.94. The number of rotatable bonds is 1. The van der Waals surface area contributed by atoms with E-state index in [0.717, 1.165) is 26.3 Å². The fourth-order valence-corrected chi connectivity index (χ4v) is 2.24. The zero-order chi connectivity index (χ0) is 9.53. The van der Waals surface area contributed by atoms with Gasteiger partial charge in [0.2, 0.25) is 0 Å². The fourth-order valence-electron chi connectivity index (χ4n) is 2.24. The van der Waals surface area contributed by atoms with Crippen LogP contribution in [0.3, 0.4) is 0 Å². The van der Waals surface area contributed by atoms with Crippen molar-refractivity contribution in [2.24, 2.45) is 11.1 Å². The number of ether oxygens (including phenoxy) is 1. The molecule has 0 atom stereocenters. The molecule has 3 heteroatoms. The van der Waals surface area contributed by atoms with Gasteiger partial charge in [0.15, 0.2) is 0 Å². The Morgan fingerprint density at radius 1 is 1.23 bits per heavy atom. The van der Waals surface area contributed by atoms with Crippen LogP contribution in [0.15, 0.2) is 0 Å². The predicted octanol–water partition coefficient (Wildman–Crippen LogP) is 0.794. The number of nitrogens with zero attached hydrogens (tertiary/aromatic N) is 1. The maximum atomic E-state index is 6.05. The lowest BCUT2D eigenvalue weighted by molar-refractivity contribution is -0.146. The van der Waals surface area contributed by atoms with Gasteiger partial charge >= 0.3 is 0 Å². The number of likely N-dealkylation sites (tertiary alicyclic amines) is 1. The van der Waals surface area contributed by atoms with Crippen LogP contribution >= 0.6 is 0 Å². The molecule has 13 heavy (non-hydrogen) atoms. The van der Waals surface area contributed by atoms with Gasteiger partial charge in [0.1, 0.15) is 0 Å². The number of hydrogen-bond donors (Lipinski definition) is 1. The highest BCUT2D eigenvalue weighted by molar-refractivity contribution is 4.93. The highest BCUT2D eigenvalue weighted by atomic mass is 16.5. The predicted molar refractivity (Wildman–Crippen MR) is 52.3 cm³/mol. The lowest BCUT2D eigenvalue weighted by Crippen LogP contribution is -2.58. The molecule has 0 bridgehead atoms. The van der Waals surface area contributed by atoms with Crippen LogP contribution in [0.1, 0.15) is 26.7 Å². The Bertz CT molecular complexity index is 184. The van der Waals surface area contributed by atoms with Crippen LogP contribution in [-0.2, 0) is 4.74 Å². The highest BCUT2D eigenvalue weighted by Crippen LogP contribution is 2.39. The van der Waals surface area contributed by atoms with Crippen molar-refractivity contribution in [1.82, 2.24) is 4.90 Å². The first-order chi connectivity index (χ1) is 6.02. The van der Waals surface area contributed by atoms with E-state index in [2.05, 4.69) is 18.7 Å². The second-order valence-corrected chi connectivity index (χ2v) is 5.13. The Balaban J connectivity index is 1.89. The molecular weight excluding hydrogens is 164 g/mol. The molecule has 0 aliphatic carbocycles. The van der Waals surface area contributed by atoms with Crippen molar-refractivity contribution in [3.05, 3.63) is 0 Å². The van der Waals surface area contributed by atoms with Gasteiger partial charge in [-0.2, -0.15) is 0 Å². The zero-order valence-electron chi connectivity index (χ0n) is 8.68. The molecule has 0 radical (unpaired) electrons. The monoisotopic (exact) mass is 184 g/mol. The van der Waals surface area contributed by atoms with E-state index in [-0.39, 0.29) is 5.66 Å². The van der Waals surface area contributed by atoms with Crippen molar-refractivity contribution in [3.63, 3.8) is 0 Å². The van der Waals surface area contributed by atoms with Gasteiger partial charge in [0, 0.05) is 18.5 Å². The van der Waals surface area contributed by atoms with Gasteiger partial charge in [-0.05, 0) is 26.7 Å². The first-order valence-electron chi connectivity index (χ1n) is 5.14. The molecule has 0 unspecified atom stereocenters. The molecule has 0 amide bonds. The number of nitrogens with two attached hydrogens (primary N) is 1. The van der Waals surface area contributed by atoms with Crippen molar-refractivity contribution in [3.8, 4) is 0 Å². The summed E-state index contributed by atoms with van der Waals surface area (Å²) in [6, 6.07) is 0. The van der Waals surface area contributed by atoms with Crippen molar-refractivity contribution in [1.29, 1.82) is 0 Å². The first-order valence-corrected chi connectivity index (χ1v) is 5.14. The van der Waals surface area contributed by atoms with Gasteiger partial charge in [-0.3, -0.25) is 4.90 Å². The van der Waals surface area contributed by atoms with Crippen LogP contribution in [0.25, 0.3) is 0 Å². The van der Waals surface area contributed by atoms with Crippen molar-refractivity contribution < 1.29 is 4.74 Å².